The Morgan fingerprint density at radius 2 is 1.61 bits per heavy atom. The average Bonchev–Trinajstić information content (AvgIpc) is 3.41. The largest absolute Gasteiger partial charge is 0.494 e. The van der Waals surface area contributed by atoms with Gasteiger partial charge in [0.2, 0.25) is 11.8 Å². The maximum Gasteiger partial charge on any atom is 0.251 e. The van der Waals surface area contributed by atoms with Crippen LogP contribution in [0, 0.1) is 0 Å². The highest BCUT2D eigenvalue weighted by Crippen LogP contribution is 2.57. The van der Waals surface area contributed by atoms with Crippen LogP contribution in [-0.2, 0) is 6.54 Å². The summed E-state index contributed by atoms with van der Waals surface area (Å²) >= 11 is 0. The van der Waals surface area contributed by atoms with E-state index in [4.69, 9.17) is 0 Å². The molecule has 2 aliphatic carbocycles. The van der Waals surface area contributed by atoms with E-state index in [9.17, 15) is 15.0 Å². The predicted molar refractivity (Wildman–Crippen MR) is 104 cm³/mol. The summed E-state index contributed by atoms with van der Waals surface area (Å²) in [4.78, 5) is 16.3. The van der Waals surface area contributed by atoms with Crippen LogP contribution in [0.4, 0.5) is 0 Å². The lowest BCUT2D eigenvalue weighted by atomic mass is 10.0. The Morgan fingerprint density at radius 3 is 2.21 bits per heavy atom. The van der Waals surface area contributed by atoms with Crippen LogP contribution in [0.3, 0.4) is 0 Å². The summed E-state index contributed by atoms with van der Waals surface area (Å²) in [7, 11) is 0. The molecule has 0 fully saturated rings. The number of nitrogens with zero attached hydrogens (tertiary/aromatic N) is 2. The summed E-state index contributed by atoms with van der Waals surface area (Å²) < 4.78 is 1.45. The third kappa shape index (κ3) is 2.49. The van der Waals surface area contributed by atoms with Crippen molar-refractivity contribution in [1.29, 1.82) is 0 Å². The van der Waals surface area contributed by atoms with Gasteiger partial charge in [-0.05, 0) is 48.4 Å². The van der Waals surface area contributed by atoms with Gasteiger partial charge in [0.25, 0.3) is 5.91 Å². The zero-order chi connectivity index (χ0) is 19.3. The predicted octanol–water partition coefficient (Wildman–Crippen LogP) is 3.35. The van der Waals surface area contributed by atoms with Crippen LogP contribution in [0.25, 0.3) is 5.69 Å². The Kier molecular flexibility index (Phi) is 3.72. The normalized spacial score (nSPS) is 19.0. The van der Waals surface area contributed by atoms with Crippen molar-refractivity contribution in [2.75, 3.05) is 0 Å². The summed E-state index contributed by atoms with van der Waals surface area (Å²) in [5, 5.41) is 24.2. The molecular formula is C22H19N3O3. The molecule has 6 nitrogen and oxygen atoms in total. The van der Waals surface area contributed by atoms with Crippen LogP contribution >= 0.6 is 0 Å². The molecule has 2 aromatic heterocycles. The van der Waals surface area contributed by atoms with Crippen LogP contribution in [0.1, 0.15) is 45.3 Å². The van der Waals surface area contributed by atoms with Crippen molar-refractivity contribution in [1.82, 2.24) is 14.9 Å². The first kappa shape index (κ1) is 16.6. The van der Waals surface area contributed by atoms with Crippen LogP contribution < -0.4 is 5.32 Å². The van der Waals surface area contributed by atoms with Gasteiger partial charge in [-0.15, -0.1) is 0 Å². The molecule has 5 rings (SSSR count). The number of hydrogen-bond donors (Lipinski definition) is 3. The fourth-order valence-corrected chi connectivity index (χ4v) is 4.23. The van der Waals surface area contributed by atoms with Crippen molar-refractivity contribution in [3.63, 3.8) is 0 Å². The van der Waals surface area contributed by atoms with Gasteiger partial charge in [-0.1, -0.05) is 12.2 Å². The van der Waals surface area contributed by atoms with Gasteiger partial charge >= 0.3 is 0 Å². The summed E-state index contributed by atoms with van der Waals surface area (Å²) in [6.45, 7) is 0.421. The highest BCUT2D eigenvalue weighted by Gasteiger charge is 2.41. The minimum atomic E-state index is -0.186. The van der Waals surface area contributed by atoms with E-state index in [0.717, 1.165) is 23.1 Å². The van der Waals surface area contributed by atoms with Crippen LogP contribution in [0.2, 0.25) is 0 Å². The second kappa shape index (κ2) is 6.27. The van der Waals surface area contributed by atoms with Crippen LogP contribution in [0.15, 0.2) is 60.9 Å². The number of amides is 1. The number of hydrogen-bond acceptors (Lipinski definition) is 4. The molecule has 2 bridgehead atoms. The number of aromatic hydroxyl groups is 2. The first-order chi connectivity index (χ1) is 13.6. The lowest BCUT2D eigenvalue weighted by molar-refractivity contribution is 0.0951. The Bertz CT molecular complexity index is 1050. The molecule has 0 spiro atoms. The van der Waals surface area contributed by atoms with E-state index in [1.807, 2.05) is 12.1 Å². The molecule has 2 atom stereocenters. The molecule has 0 unspecified atom stereocenters. The zero-order valence-corrected chi connectivity index (χ0v) is 15.0. The Balaban J connectivity index is 1.37. The number of pyridine rings is 1. The zero-order valence-electron chi connectivity index (χ0n) is 15.0. The van der Waals surface area contributed by atoms with Gasteiger partial charge in [0.1, 0.15) is 0 Å². The SMILES string of the molecule is O=C(NCc1ccncc1)c1ccc(-n2c(O)c3c(c2O)[C@H]2C=C[C@@H]3C2)cc1. The van der Waals surface area contributed by atoms with Crippen molar-refractivity contribution < 1.29 is 15.0 Å². The maximum absolute atomic E-state index is 12.4. The second-order valence-electron chi connectivity index (χ2n) is 7.23. The average molecular weight is 373 g/mol. The van der Waals surface area contributed by atoms with Crippen LogP contribution in [0.5, 0.6) is 11.8 Å². The Hall–Kier alpha value is -3.54. The number of carbonyl (C=O) groups excluding carboxylic acids is 1. The van der Waals surface area contributed by atoms with Gasteiger partial charge in [-0.3, -0.25) is 14.3 Å². The number of nitrogens with one attached hydrogen (secondary N) is 1. The molecule has 3 N–H and O–H groups in total. The first-order valence-electron chi connectivity index (χ1n) is 9.25. The summed E-state index contributed by atoms with van der Waals surface area (Å²) in [5.41, 5.74) is 3.75. The minimum Gasteiger partial charge on any atom is -0.494 e. The second-order valence-corrected chi connectivity index (χ2v) is 7.23. The van der Waals surface area contributed by atoms with Crippen molar-refractivity contribution >= 4 is 5.91 Å². The van der Waals surface area contributed by atoms with Crippen molar-refractivity contribution in [2.45, 2.75) is 24.8 Å². The number of aromatic nitrogens is 2. The number of allylic oxidation sites excluding steroid dienone is 2. The topological polar surface area (TPSA) is 87.4 Å². The standard InChI is InChI=1S/C22H19N3O3/c26-20(24-12-13-7-9-23-10-8-13)14-3-5-17(6-4-14)25-21(27)18-15-1-2-16(11-15)19(18)22(25)28/h1-10,15-16,27-28H,11-12H2,(H,24,26)/t15-,16+. The molecule has 1 amide bonds. The van der Waals surface area contributed by atoms with Gasteiger partial charge in [0.15, 0.2) is 0 Å². The van der Waals surface area contributed by atoms with E-state index in [1.54, 1.807) is 36.7 Å². The monoisotopic (exact) mass is 373 g/mol. The summed E-state index contributed by atoms with van der Waals surface area (Å²) in [5.74, 6) is 0.323. The Labute approximate surface area is 161 Å². The smallest absolute Gasteiger partial charge is 0.251 e. The van der Waals surface area contributed by atoms with Gasteiger partial charge in [0.05, 0.1) is 5.69 Å². The van der Waals surface area contributed by atoms with Gasteiger partial charge in [0, 0.05) is 47.5 Å². The van der Waals surface area contributed by atoms with Crippen molar-refractivity contribution in [3.8, 4) is 17.4 Å². The fourth-order valence-electron chi connectivity index (χ4n) is 4.23. The molecule has 0 aliphatic heterocycles. The molecule has 0 saturated heterocycles. The van der Waals surface area contributed by atoms with Crippen molar-refractivity contribution in [2.24, 2.45) is 0 Å². The number of fused-ring (bicyclic) bond motifs is 5. The molecule has 2 heterocycles. The molecule has 6 heteroatoms. The minimum absolute atomic E-state index is 0.0826. The van der Waals surface area contributed by atoms with E-state index in [1.165, 1.54) is 4.57 Å². The van der Waals surface area contributed by atoms with Gasteiger partial charge in [-0.2, -0.15) is 0 Å². The fraction of sp³-hybridized carbons (Fsp3) is 0.182. The molecule has 140 valence electrons. The lowest BCUT2D eigenvalue weighted by Crippen LogP contribution is -2.22. The molecule has 2 aliphatic rings. The maximum atomic E-state index is 12.4. The third-order valence-electron chi connectivity index (χ3n) is 5.61. The van der Waals surface area contributed by atoms with Crippen LogP contribution in [-0.4, -0.2) is 25.7 Å². The Morgan fingerprint density at radius 1 is 1.00 bits per heavy atom. The molecule has 0 saturated carbocycles. The quantitative estimate of drug-likeness (QED) is 0.612. The molecule has 1 aromatic carbocycles. The first-order valence-corrected chi connectivity index (χ1v) is 9.25. The summed E-state index contributed by atoms with van der Waals surface area (Å²) in [6.07, 6.45) is 8.47. The third-order valence-corrected chi connectivity index (χ3v) is 5.61. The van der Waals surface area contributed by atoms with Gasteiger partial charge < -0.3 is 15.5 Å². The molecule has 3 aromatic rings. The summed E-state index contributed by atoms with van der Waals surface area (Å²) in [6, 6.07) is 10.5. The van der Waals surface area contributed by atoms with E-state index in [2.05, 4.69) is 22.5 Å². The van der Waals surface area contributed by atoms with E-state index in [-0.39, 0.29) is 29.5 Å². The highest BCUT2D eigenvalue weighted by molar-refractivity contribution is 5.94. The van der Waals surface area contributed by atoms with Crippen molar-refractivity contribution in [3.05, 3.63) is 83.2 Å². The van der Waals surface area contributed by atoms with Gasteiger partial charge in [-0.25, -0.2) is 0 Å². The number of rotatable bonds is 4. The molecule has 28 heavy (non-hydrogen) atoms. The molecular weight excluding hydrogens is 354 g/mol. The van der Waals surface area contributed by atoms with E-state index < -0.39 is 0 Å². The lowest BCUT2D eigenvalue weighted by Gasteiger charge is -2.11. The number of carbonyl (C=O) groups is 1. The van der Waals surface area contributed by atoms with E-state index >= 15 is 0 Å². The van der Waals surface area contributed by atoms with E-state index in [0.29, 0.717) is 17.8 Å². The molecule has 0 radical (unpaired) electrons. The highest BCUT2D eigenvalue weighted by atomic mass is 16.3. The number of benzene rings is 1.